The van der Waals surface area contributed by atoms with Crippen molar-refractivity contribution in [3.05, 3.63) is 78.9 Å². The number of para-hydroxylation sites is 1. The summed E-state index contributed by atoms with van der Waals surface area (Å²) in [5, 5.41) is 0. The van der Waals surface area contributed by atoms with E-state index in [1.54, 1.807) is 0 Å². The number of hydrogen-bond acceptors (Lipinski definition) is 5. The molecule has 5 heteroatoms. The van der Waals surface area contributed by atoms with Crippen LogP contribution in [0.1, 0.15) is 0 Å². The largest absolute Gasteiger partial charge is 0.491 e. The Labute approximate surface area is 170 Å². The first kappa shape index (κ1) is 18.0. The van der Waals surface area contributed by atoms with Gasteiger partial charge in [-0.2, -0.15) is 0 Å². The number of nitrogens with zero attached hydrogens (tertiary/aromatic N) is 1. The van der Waals surface area contributed by atoms with Crippen LogP contribution in [0.3, 0.4) is 0 Å². The monoisotopic (exact) mass is 389 g/mol. The summed E-state index contributed by atoms with van der Waals surface area (Å²) in [4.78, 5) is 2.21. The molecule has 0 radical (unpaired) electrons. The zero-order chi connectivity index (χ0) is 19.5. The van der Waals surface area contributed by atoms with Gasteiger partial charge in [0.05, 0.1) is 13.2 Å². The second-order valence-electron chi connectivity index (χ2n) is 7.19. The van der Waals surface area contributed by atoms with Crippen LogP contribution in [-0.2, 0) is 9.47 Å². The fraction of sp³-hybridized carbons (Fsp3) is 0.250. The lowest BCUT2D eigenvalue weighted by molar-refractivity contribution is 0.263. The predicted octanol–water partition coefficient (Wildman–Crippen LogP) is 4.71. The molecule has 29 heavy (non-hydrogen) atoms. The molecule has 2 atom stereocenters. The van der Waals surface area contributed by atoms with Gasteiger partial charge in [-0.15, -0.1) is 0 Å². The van der Waals surface area contributed by atoms with Crippen LogP contribution in [0.4, 0.5) is 17.1 Å². The van der Waals surface area contributed by atoms with Crippen LogP contribution in [0.2, 0.25) is 0 Å². The molecule has 5 nitrogen and oxygen atoms in total. The number of ether oxygens (including phenoxy) is 4. The quantitative estimate of drug-likeness (QED) is 0.496. The molecule has 2 aliphatic rings. The molecule has 0 amide bonds. The minimum Gasteiger partial charge on any atom is -0.491 e. The summed E-state index contributed by atoms with van der Waals surface area (Å²) in [6.07, 6.45) is 0.505. The van der Waals surface area contributed by atoms with Crippen LogP contribution in [0.15, 0.2) is 78.9 Å². The molecule has 0 spiro atoms. The third kappa shape index (κ3) is 4.70. The first-order valence-electron chi connectivity index (χ1n) is 9.89. The molecule has 3 aromatic carbocycles. The predicted molar refractivity (Wildman–Crippen MR) is 112 cm³/mol. The molecule has 3 aromatic rings. The van der Waals surface area contributed by atoms with E-state index in [1.807, 2.05) is 42.5 Å². The van der Waals surface area contributed by atoms with E-state index < -0.39 is 0 Å². The molecule has 2 fully saturated rings. The molecule has 0 aliphatic carbocycles. The van der Waals surface area contributed by atoms with Gasteiger partial charge in [-0.25, -0.2) is 0 Å². The van der Waals surface area contributed by atoms with Crippen LogP contribution in [0, 0.1) is 0 Å². The van der Waals surface area contributed by atoms with Crippen molar-refractivity contribution < 1.29 is 18.9 Å². The van der Waals surface area contributed by atoms with Crippen molar-refractivity contribution in [1.29, 1.82) is 0 Å². The van der Waals surface area contributed by atoms with Crippen molar-refractivity contribution in [3.63, 3.8) is 0 Å². The molecule has 5 rings (SSSR count). The molecule has 0 saturated carbocycles. The second kappa shape index (κ2) is 8.15. The van der Waals surface area contributed by atoms with E-state index in [0.717, 1.165) is 41.8 Å². The summed E-state index contributed by atoms with van der Waals surface area (Å²) in [7, 11) is 0. The summed E-state index contributed by atoms with van der Waals surface area (Å²) in [6.45, 7) is 2.81. The Morgan fingerprint density at radius 3 is 1.45 bits per heavy atom. The molecule has 0 aromatic heterocycles. The Morgan fingerprint density at radius 2 is 1.03 bits per heavy atom. The summed E-state index contributed by atoms with van der Waals surface area (Å²) < 4.78 is 21.9. The molecule has 148 valence electrons. The van der Waals surface area contributed by atoms with Crippen LogP contribution in [0.25, 0.3) is 0 Å². The van der Waals surface area contributed by atoms with Gasteiger partial charge in [-0.05, 0) is 60.7 Å². The van der Waals surface area contributed by atoms with E-state index in [4.69, 9.17) is 18.9 Å². The Hall–Kier alpha value is -3.02. The van der Waals surface area contributed by atoms with Crippen molar-refractivity contribution in [1.82, 2.24) is 0 Å². The minimum atomic E-state index is 0.253. The van der Waals surface area contributed by atoms with E-state index in [2.05, 4.69) is 41.3 Å². The molecular weight excluding hydrogens is 366 g/mol. The standard InChI is InChI=1S/C24H23NO4/c1-2-4-18(5-3-1)25(19-6-10-21(11-7-19)26-14-23-16-28-23)20-8-12-22(13-9-20)27-15-24-17-29-24/h1-13,23-24H,14-17H2. The topological polar surface area (TPSA) is 46.8 Å². The molecule has 0 bridgehead atoms. The van der Waals surface area contributed by atoms with Crippen molar-refractivity contribution in [2.45, 2.75) is 12.2 Å². The average molecular weight is 389 g/mol. The van der Waals surface area contributed by atoms with Gasteiger partial charge in [0, 0.05) is 17.1 Å². The van der Waals surface area contributed by atoms with Crippen molar-refractivity contribution in [2.75, 3.05) is 31.3 Å². The maximum atomic E-state index is 5.77. The minimum absolute atomic E-state index is 0.253. The number of hydrogen-bond donors (Lipinski definition) is 0. The van der Waals surface area contributed by atoms with Crippen LogP contribution in [0.5, 0.6) is 11.5 Å². The van der Waals surface area contributed by atoms with Crippen molar-refractivity contribution in [3.8, 4) is 11.5 Å². The van der Waals surface area contributed by atoms with Gasteiger partial charge in [0.2, 0.25) is 0 Å². The fourth-order valence-corrected chi connectivity index (χ4v) is 3.11. The van der Waals surface area contributed by atoms with Gasteiger partial charge >= 0.3 is 0 Å². The van der Waals surface area contributed by atoms with E-state index in [-0.39, 0.29) is 12.2 Å². The number of rotatable bonds is 9. The number of epoxide rings is 2. The molecule has 0 N–H and O–H groups in total. The normalized spacial score (nSPS) is 19.4. The maximum absolute atomic E-state index is 5.77. The highest BCUT2D eigenvalue weighted by molar-refractivity contribution is 5.76. The van der Waals surface area contributed by atoms with E-state index in [9.17, 15) is 0 Å². The lowest BCUT2D eigenvalue weighted by Gasteiger charge is -2.25. The summed E-state index contributed by atoms with van der Waals surface area (Å²) >= 11 is 0. The fourth-order valence-electron chi connectivity index (χ4n) is 3.11. The van der Waals surface area contributed by atoms with Crippen molar-refractivity contribution in [2.24, 2.45) is 0 Å². The highest BCUT2D eigenvalue weighted by Gasteiger charge is 2.24. The summed E-state index contributed by atoms with van der Waals surface area (Å²) in [5.74, 6) is 1.70. The van der Waals surface area contributed by atoms with Gasteiger partial charge < -0.3 is 23.8 Å². The smallest absolute Gasteiger partial charge is 0.119 e. The third-order valence-corrected chi connectivity index (χ3v) is 4.88. The zero-order valence-corrected chi connectivity index (χ0v) is 16.1. The lowest BCUT2D eigenvalue weighted by atomic mass is 10.2. The maximum Gasteiger partial charge on any atom is 0.119 e. The summed E-state index contributed by atoms with van der Waals surface area (Å²) in [6, 6.07) is 26.6. The first-order valence-corrected chi connectivity index (χ1v) is 9.89. The van der Waals surface area contributed by atoms with Crippen LogP contribution < -0.4 is 14.4 Å². The highest BCUT2D eigenvalue weighted by Crippen LogP contribution is 2.36. The van der Waals surface area contributed by atoms with Crippen molar-refractivity contribution >= 4 is 17.1 Å². The SMILES string of the molecule is c1ccc(N(c2ccc(OCC3CO3)cc2)c2ccc(OCC3CO3)cc2)cc1. The Kier molecular flexibility index (Phi) is 5.07. The molecule has 2 saturated heterocycles. The Balaban J connectivity index is 1.37. The van der Waals surface area contributed by atoms with Gasteiger partial charge in [0.15, 0.2) is 0 Å². The molecular formula is C24H23NO4. The first-order chi connectivity index (χ1) is 14.3. The molecule has 2 aliphatic heterocycles. The summed E-state index contributed by atoms with van der Waals surface area (Å²) in [5.41, 5.74) is 3.21. The third-order valence-electron chi connectivity index (χ3n) is 4.88. The number of anilines is 3. The highest BCUT2D eigenvalue weighted by atomic mass is 16.6. The van der Waals surface area contributed by atoms with Crippen LogP contribution >= 0.6 is 0 Å². The Bertz CT molecular complexity index is 860. The second-order valence-corrected chi connectivity index (χ2v) is 7.19. The number of benzene rings is 3. The zero-order valence-electron chi connectivity index (χ0n) is 16.1. The van der Waals surface area contributed by atoms with Gasteiger partial charge in [0.1, 0.15) is 36.9 Å². The van der Waals surface area contributed by atoms with E-state index in [1.165, 1.54) is 0 Å². The van der Waals surface area contributed by atoms with Gasteiger partial charge in [-0.1, -0.05) is 18.2 Å². The molecule has 2 heterocycles. The van der Waals surface area contributed by atoms with Gasteiger partial charge in [0.25, 0.3) is 0 Å². The lowest BCUT2D eigenvalue weighted by Crippen LogP contribution is -2.10. The molecule has 2 unspecified atom stereocenters. The van der Waals surface area contributed by atoms with E-state index >= 15 is 0 Å². The Morgan fingerprint density at radius 1 is 0.621 bits per heavy atom. The average Bonchev–Trinajstić information content (AvgIpc) is 3.69. The van der Waals surface area contributed by atoms with Crippen LogP contribution in [-0.4, -0.2) is 38.6 Å². The van der Waals surface area contributed by atoms with E-state index in [0.29, 0.717) is 13.2 Å². The van der Waals surface area contributed by atoms with Gasteiger partial charge in [-0.3, -0.25) is 0 Å².